The first-order valence-electron chi connectivity index (χ1n) is 2.37. The van der Waals surface area contributed by atoms with Crippen LogP contribution in [0.4, 0.5) is 4.48 Å². The molecule has 0 amide bonds. The third-order valence-corrected chi connectivity index (χ3v) is 0.896. The molecule has 0 aromatic rings. The molecule has 0 radical (unpaired) electrons. The van der Waals surface area contributed by atoms with E-state index in [1.807, 2.05) is 0 Å². The lowest BCUT2D eigenvalue weighted by molar-refractivity contribution is -1.07. The van der Waals surface area contributed by atoms with E-state index in [2.05, 4.69) is 0 Å². The van der Waals surface area contributed by atoms with Crippen LogP contribution in [0.2, 0.25) is 0 Å². The van der Waals surface area contributed by atoms with Crippen LogP contribution in [0.5, 0.6) is 0 Å². The number of carbonyl (C=O) groups excluding carboxylic acids is 1. The molecule has 48 valence electrons. The largest absolute Gasteiger partial charge is 0.554 e. The van der Waals surface area contributed by atoms with Crippen LogP contribution in [0, 0.1) is 0 Å². The molecule has 8 heavy (non-hydrogen) atoms. The average molecular weight is 121 g/mol. The lowest BCUT2D eigenvalue weighted by atomic mass is 10.3. The van der Waals surface area contributed by atoms with Crippen molar-refractivity contribution in [3.05, 3.63) is 0 Å². The quantitative estimate of drug-likeness (QED) is 0.285. The van der Waals surface area contributed by atoms with Gasteiger partial charge in [0.05, 0.1) is 6.42 Å². The summed E-state index contributed by atoms with van der Waals surface area (Å²) in [6.45, 7) is 0.972. The highest BCUT2D eigenvalue weighted by molar-refractivity contribution is 5.29. The Kier molecular flexibility index (Phi) is 4.16. The van der Waals surface area contributed by atoms with Crippen molar-refractivity contribution in [1.29, 1.82) is 0 Å². The SMILES string of the molecule is F[NH+]1CCC1.O=C[O-]. The first-order valence-corrected chi connectivity index (χ1v) is 2.37. The van der Waals surface area contributed by atoms with Gasteiger partial charge in [-0.2, -0.15) is 0 Å². The average Bonchev–Trinajstić information content (AvgIpc) is 1.64. The van der Waals surface area contributed by atoms with Crippen molar-refractivity contribution < 1.29 is 19.5 Å². The highest BCUT2D eigenvalue weighted by Crippen LogP contribution is 1.74. The number of quaternary nitrogens is 1. The van der Waals surface area contributed by atoms with Crippen molar-refractivity contribution in [2.45, 2.75) is 6.42 Å². The van der Waals surface area contributed by atoms with E-state index in [4.69, 9.17) is 9.90 Å². The fourth-order valence-electron chi connectivity index (χ4n) is 0.310. The molecule has 0 unspecified atom stereocenters. The van der Waals surface area contributed by atoms with Gasteiger partial charge in [-0.05, 0) is 4.48 Å². The Balaban J connectivity index is 0.000000145. The molecule has 4 heteroatoms. The Bertz CT molecular complexity index is 65.1. The molecule has 0 aromatic heterocycles. The van der Waals surface area contributed by atoms with E-state index in [0.29, 0.717) is 0 Å². The molecular formula is C4H8FNO2. The lowest BCUT2D eigenvalue weighted by Crippen LogP contribution is -3.11. The predicted octanol–water partition coefficient (Wildman–Crippen LogP) is -2.47. The fourth-order valence-corrected chi connectivity index (χ4v) is 0.310. The Labute approximate surface area is 46.7 Å². The van der Waals surface area contributed by atoms with E-state index >= 15 is 0 Å². The Morgan fingerprint density at radius 3 is 1.88 bits per heavy atom. The van der Waals surface area contributed by atoms with Crippen LogP contribution >= 0.6 is 0 Å². The molecule has 1 rings (SSSR count). The Morgan fingerprint density at radius 1 is 1.62 bits per heavy atom. The molecule has 0 atom stereocenters. The van der Waals surface area contributed by atoms with Gasteiger partial charge in [-0.3, -0.25) is 0 Å². The summed E-state index contributed by atoms with van der Waals surface area (Å²) in [5.74, 6) is 0. The molecule has 1 saturated heterocycles. The van der Waals surface area contributed by atoms with Crippen molar-refractivity contribution in [2.24, 2.45) is 0 Å². The van der Waals surface area contributed by atoms with E-state index in [1.54, 1.807) is 0 Å². The molecule has 1 fully saturated rings. The van der Waals surface area contributed by atoms with Crippen molar-refractivity contribution >= 4 is 6.47 Å². The summed E-state index contributed by atoms with van der Waals surface area (Å²) < 4.78 is 11.4. The lowest BCUT2D eigenvalue weighted by Gasteiger charge is -2.12. The van der Waals surface area contributed by atoms with Crippen LogP contribution in [-0.2, 0) is 4.79 Å². The van der Waals surface area contributed by atoms with Gasteiger partial charge < -0.3 is 9.90 Å². The first-order chi connectivity index (χ1) is 3.81. The van der Waals surface area contributed by atoms with E-state index in [0.717, 1.165) is 19.5 Å². The third-order valence-electron chi connectivity index (χ3n) is 0.896. The third kappa shape index (κ3) is 3.55. The maximum absolute atomic E-state index is 11.4. The second-order valence-corrected chi connectivity index (χ2v) is 1.47. The maximum Gasteiger partial charge on any atom is 0.118 e. The highest BCUT2D eigenvalue weighted by atomic mass is 19.2. The van der Waals surface area contributed by atoms with Gasteiger partial charge in [-0.25, -0.2) is 0 Å². The summed E-state index contributed by atoms with van der Waals surface area (Å²) in [4.78, 5) is 8.25. The van der Waals surface area contributed by atoms with Gasteiger partial charge in [0.15, 0.2) is 0 Å². The van der Waals surface area contributed by atoms with Crippen LogP contribution < -0.4 is 10.2 Å². The van der Waals surface area contributed by atoms with Crippen LogP contribution in [0.3, 0.4) is 0 Å². The molecule has 0 spiro atoms. The van der Waals surface area contributed by atoms with Gasteiger partial charge in [0.1, 0.15) is 13.1 Å². The van der Waals surface area contributed by atoms with Crippen LogP contribution in [0.15, 0.2) is 0 Å². The predicted molar refractivity (Wildman–Crippen MR) is 22.5 cm³/mol. The van der Waals surface area contributed by atoms with Gasteiger partial charge in [0.2, 0.25) is 0 Å². The fraction of sp³-hybridized carbons (Fsp3) is 0.750. The summed E-state index contributed by atoms with van der Waals surface area (Å²) in [5.41, 5.74) is 0. The van der Waals surface area contributed by atoms with E-state index in [1.165, 1.54) is 0 Å². The van der Waals surface area contributed by atoms with E-state index in [-0.39, 0.29) is 5.12 Å². The second-order valence-electron chi connectivity index (χ2n) is 1.47. The van der Waals surface area contributed by atoms with Gasteiger partial charge >= 0.3 is 0 Å². The van der Waals surface area contributed by atoms with Crippen molar-refractivity contribution in [3.63, 3.8) is 0 Å². The molecule has 0 saturated carbocycles. The molecule has 1 N–H and O–H groups in total. The summed E-state index contributed by atoms with van der Waals surface area (Å²) in [6.07, 6.45) is 1.08. The molecular weight excluding hydrogens is 113 g/mol. The number of hydrogen-bond donors (Lipinski definition) is 1. The van der Waals surface area contributed by atoms with Gasteiger partial charge in [0, 0.05) is 6.47 Å². The topological polar surface area (TPSA) is 44.6 Å². The maximum atomic E-state index is 11.4. The van der Waals surface area contributed by atoms with E-state index < -0.39 is 6.47 Å². The molecule has 1 aliphatic heterocycles. The summed E-state index contributed by atoms with van der Waals surface area (Å²) in [5, 5.41) is 8.44. The van der Waals surface area contributed by atoms with E-state index in [9.17, 15) is 4.48 Å². The van der Waals surface area contributed by atoms with Crippen molar-refractivity contribution in [3.8, 4) is 0 Å². The summed E-state index contributed by atoms with van der Waals surface area (Å²) >= 11 is 0. The smallest absolute Gasteiger partial charge is 0.118 e. The standard InChI is InChI=1S/C3H6FN.CH2O2/c4-5-2-1-3-5;2-1-3/h1-3H2;1H,(H,2,3). The number of carbonyl (C=O) groups is 1. The Morgan fingerprint density at radius 2 is 1.88 bits per heavy atom. The minimum atomic E-state index is -0.500. The van der Waals surface area contributed by atoms with Gasteiger partial charge in [-0.1, -0.05) is 0 Å². The Hall–Kier alpha value is -0.640. The molecule has 3 nitrogen and oxygen atoms in total. The summed E-state index contributed by atoms with van der Waals surface area (Å²) in [7, 11) is 0. The molecule has 0 aliphatic carbocycles. The number of nitrogens with one attached hydrogen (secondary N) is 1. The van der Waals surface area contributed by atoms with Gasteiger partial charge in [0.25, 0.3) is 0 Å². The summed E-state index contributed by atoms with van der Waals surface area (Å²) in [6, 6.07) is 0. The van der Waals surface area contributed by atoms with Crippen LogP contribution in [-0.4, -0.2) is 19.6 Å². The minimum Gasteiger partial charge on any atom is -0.554 e. The molecule has 1 aliphatic rings. The molecule has 0 bridgehead atoms. The van der Waals surface area contributed by atoms with Crippen molar-refractivity contribution in [2.75, 3.05) is 13.1 Å². The van der Waals surface area contributed by atoms with Crippen molar-refractivity contribution in [1.82, 2.24) is 0 Å². The zero-order valence-electron chi connectivity index (χ0n) is 4.39. The molecule has 1 heterocycles. The zero-order chi connectivity index (χ0) is 6.41. The number of hydrogen-bond acceptors (Lipinski definition) is 2. The molecule has 0 aromatic carbocycles. The number of carboxylic acid groups (broad SMARTS) is 1. The van der Waals surface area contributed by atoms with Crippen LogP contribution in [0.25, 0.3) is 0 Å². The number of rotatable bonds is 0. The monoisotopic (exact) mass is 121 g/mol. The van der Waals surface area contributed by atoms with Gasteiger partial charge in [-0.15, -0.1) is 5.12 Å². The highest BCUT2D eigenvalue weighted by Gasteiger charge is 2.16. The zero-order valence-corrected chi connectivity index (χ0v) is 4.39. The van der Waals surface area contributed by atoms with Crippen LogP contribution in [0.1, 0.15) is 6.42 Å². The normalized spacial score (nSPS) is 17.6. The minimum absolute atomic E-state index is 0.185. The first kappa shape index (κ1) is 7.36. The second kappa shape index (κ2) is 4.52. The number of halogens is 1.